The number of para-hydroxylation sites is 1. The molecule has 1 saturated heterocycles. The summed E-state index contributed by atoms with van der Waals surface area (Å²) in [6.07, 6.45) is 3.01. The number of piperidine rings is 1. The standard InChI is InChI=1S/C15H18FN3O/c1-10(20)11-5-7-19(8-6-11)15-12-3-2-4-13(16)14(12)17-9-18-15/h2-4,9-11,20H,5-8H2,1H3. The third-order valence-electron chi connectivity index (χ3n) is 4.12. The molecule has 0 saturated carbocycles. The van der Waals surface area contributed by atoms with Crippen LogP contribution in [0.3, 0.4) is 0 Å². The third-order valence-corrected chi connectivity index (χ3v) is 4.12. The first kappa shape index (κ1) is 13.2. The van der Waals surface area contributed by atoms with Crippen LogP contribution in [0.15, 0.2) is 24.5 Å². The largest absolute Gasteiger partial charge is 0.393 e. The van der Waals surface area contributed by atoms with Gasteiger partial charge in [-0.3, -0.25) is 0 Å². The van der Waals surface area contributed by atoms with Crippen LogP contribution in [0.5, 0.6) is 0 Å². The van der Waals surface area contributed by atoms with Crippen molar-refractivity contribution < 1.29 is 9.50 Å². The number of aliphatic hydroxyl groups excluding tert-OH is 1. The van der Waals surface area contributed by atoms with Crippen LogP contribution in [-0.2, 0) is 0 Å². The minimum Gasteiger partial charge on any atom is -0.393 e. The summed E-state index contributed by atoms with van der Waals surface area (Å²) < 4.78 is 13.8. The molecule has 1 atom stereocenters. The van der Waals surface area contributed by atoms with E-state index in [9.17, 15) is 9.50 Å². The number of hydrogen-bond donors (Lipinski definition) is 1. The Morgan fingerprint density at radius 2 is 2.05 bits per heavy atom. The number of anilines is 1. The Kier molecular flexibility index (Phi) is 3.53. The highest BCUT2D eigenvalue weighted by atomic mass is 19.1. The minimum atomic E-state index is -0.315. The van der Waals surface area contributed by atoms with E-state index in [4.69, 9.17) is 0 Å². The number of aromatic nitrogens is 2. The number of hydrogen-bond acceptors (Lipinski definition) is 4. The first-order valence-corrected chi connectivity index (χ1v) is 6.99. The van der Waals surface area contributed by atoms with Gasteiger partial charge < -0.3 is 10.0 Å². The van der Waals surface area contributed by atoms with Crippen LogP contribution in [0.25, 0.3) is 10.9 Å². The summed E-state index contributed by atoms with van der Waals surface area (Å²) >= 11 is 0. The van der Waals surface area contributed by atoms with Crippen molar-refractivity contribution in [1.29, 1.82) is 0 Å². The fourth-order valence-electron chi connectivity index (χ4n) is 2.88. The number of halogens is 1. The molecule has 0 radical (unpaired) electrons. The predicted molar refractivity (Wildman–Crippen MR) is 76.1 cm³/mol. The zero-order valence-electron chi connectivity index (χ0n) is 11.5. The SMILES string of the molecule is CC(O)C1CCN(c2ncnc3c(F)cccc23)CC1. The molecular weight excluding hydrogens is 257 g/mol. The maximum Gasteiger partial charge on any atom is 0.149 e. The van der Waals surface area contributed by atoms with Crippen molar-refractivity contribution in [3.8, 4) is 0 Å². The van der Waals surface area contributed by atoms with E-state index in [0.29, 0.717) is 11.4 Å². The Labute approximate surface area is 117 Å². The molecule has 1 unspecified atom stereocenters. The molecule has 20 heavy (non-hydrogen) atoms. The van der Waals surface area contributed by atoms with Crippen LogP contribution in [0.1, 0.15) is 19.8 Å². The summed E-state index contributed by atoms with van der Waals surface area (Å²) in [6, 6.07) is 4.96. The molecule has 3 rings (SSSR count). The van der Waals surface area contributed by atoms with Crippen molar-refractivity contribution in [1.82, 2.24) is 9.97 Å². The highest BCUT2D eigenvalue weighted by Gasteiger charge is 2.24. The first-order chi connectivity index (χ1) is 9.66. The average molecular weight is 275 g/mol. The Balaban J connectivity index is 1.90. The van der Waals surface area contributed by atoms with Gasteiger partial charge in [0.05, 0.1) is 6.10 Å². The summed E-state index contributed by atoms with van der Waals surface area (Å²) in [5.41, 5.74) is 0.371. The van der Waals surface area contributed by atoms with E-state index in [1.54, 1.807) is 6.07 Å². The number of fused-ring (bicyclic) bond motifs is 1. The molecule has 1 aliphatic heterocycles. The van der Waals surface area contributed by atoms with Gasteiger partial charge in [-0.2, -0.15) is 0 Å². The van der Waals surface area contributed by atoms with E-state index < -0.39 is 0 Å². The maximum atomic E-state index is 13.8. The van der Waals surface area contributed by atoms with Gasteiger partial charge in [-0.15, -0.1) is 0 Å². The summed E-state index contributed by atoms with van der Waals surface area (Å²) in [5.74, 6) is 0.819. The van der Waals surface area contributed by atoms with Crippen LogP contribution in [-0.4, -0.2) is 34.3 Å². The fourth-order valence-corrected chi connectivity index (χ4v) is 2.88. The lowest BCUT2D eigenvalue weighted by molar-refractivity contribution is 0.110. The second-order valence-corrected chi connectivity index (χ2v) is 5.40. The summed E-state index contributed by atoms with van der Waals surface area (Å²) in [6.45, 7) is 3.51. The van der Waals surface area contributed by atoms with Gasteiger partial charge in [0.15, 0.2) is 0 Å². The molecule has 0 spiro atoms. The molecular formula is C15H18FN3O. The Bertz CT molecular complexity index is 609. The molecule has 1 aromatic carbocycles. The van der Waals surface area contributed by atoms with Crippen molar-refractivity contribution in [2.24, 2.45) is 5.92 Å². The second-order valence-electron chi connectivity index (χ2n) is 5.40. The Morgan fingerprint density at radius 3 is 2.75 bits per heavy atom. The molecule has 2 heterocycles. The number of aliphatic hydroxyl groups is 1. The van der Waals surface area contributed by atoms with Gasteiger partial charge in [0.2, 0.25) is 0 Å². The molecule has 1 aliphatic rings. The van der Waals surface area contributed by atoms with E-state index in [-0.39, 0.29) is 11.9 Å². The van der Waals surface area contributed by atoms with Gasteiger partial charge in [0.1, 0.15) is 23.5 Å². The summed E-state index contributed by atoms with van der Waals surface area (Å²) in [4.78, 5) is 10.5. The monoisotopic (exact) mass is 275 g/mol. The maximum absolute atomic E-state index is 13.8. The highest BCUT2D eigenvalue weighted by Crippen LogP contribution is 2.29. The van der Waals surface area contributed by atoms with Crippen molar-refractivity contribution in [2.75, 3.05) is 18.0 Å². The second kappa shape index (κ2) is 5.32. The summed E-state index contributed by atoms with van der Waals surface area (Å²) in [5, 5.41) is 10.4. The van der Waals surface area contributed by atoms with Crippen LogP contribution in [0.4, 0.5) is 10.2 Å². The van der Waals surface area contributed by atoms with Crippen LogP contribution >= 0.6 is 0 Å². The summed E-state index contributed by atoms with van der Waals surface area (Å²) in [7, 11) is 0. The predicted octanol–water partition coefficient (Wildman–Crippen LogP) is 2.37. The molecule has 1 N–H and O–H groups in total. The minimum absolute atomic E-state index is 0.267. The zero-order valence-corrected chi connectivity index (χ0v) is 11.5. The van der Waals surface area contributed by atoms with Crippen LogP contribution < -0.4 is 4.90 Å². The molecule has 4 nitrogen and oxygen atoms in total. The number of benzene rings is 1. The first-order valence-electron chi connectivity index (χ1n) is 6.99. The molecule has 0 aliphatic carbocycles. The highest BCUT2D eigenvalue weighted by molar-refractivity contribution is 5.89. The van der Waals surface area contributed by atoms with E-state index >= 15 is 0 Å². The van der Waals surface area contributed by atoms with Crippen molar-refractivity contribution >= 4 is 16.7 Å². The topological polar surface area (TPSA) is 49.2 Å². The van der Waals surface area contributed by atoms with Crippen molar-refractivity contribution in [3.05, 3.63) is 30.3 Å². The number of nitrogens with zero attached hydrogens (tertiary/aromatic N) is 3. The van der Waals surface area contributed by atoms with Gasteiger partial charge >= 0.3 is 0 Å². The number of rotatable bonds is 2. The van der Waals surface area contributed by atoms with Gasteiger partial charge in [0.25, 0.3) is 0 Å². The van der Waals surface area contributed by atoms with Crippen molar-refractivity contribution in [2.45, 2.75) is 25.9 Å². The molecule has 1 fully saturated rings. The lowest BCUT2D eigenvalue weighted by Gasteiger charge is -2.34. The normalized spacial score (nSPS) is 18.4. The van der Waals surface area contributed by atoms with Gasteiger partial charge in [-0.25, -0.2) is 14.4 Å². The Hall–Kier alpha value is -1.75. The third kappa shape index (κ3) is 2.33. The van der Waals surface area contributed by atoms with Crippen LogP contribution in [0, 0.1) is 11.7 Å². The molecule has 0 bridgehead atoms. The molecule has 0 amide bonds. The van der Waals surface area contributed by atoms with Gasteiger partial charge in [-0.05, 0) is 37.8 Å². The van der Waals surface area contributed by atoms with Gasteiger partial charge in [-0.1, -0.05) is 6.07 Å². The molecule has 2 aromatic rings. The average Bonchev–Trinajstić information content (AvgIpc) is 2.47. The van der Waals surface area contributed by atoms with E-state index in [2.05, 4.69) is 14.9 Å². The molecule has 1 aromatic heterocycles. The van der Waals surface area contributed by atoms with E-state index in [1.807, 2.05) is 13.0 Å². The lowest BCUT2D eigenvalue weighted by atomic mass is 9.92. The molecule has 5 heteroatoms. The zero-order chi connectivity index (χ0) is 14.1. The fraction of sp³-hybridized carbons (Fsp3) is 0.467. The lowest BCUT2D eigenvalue weighted by Crippen LogP contribution is -2.37. The Morgan fingerprint density at radius 1 is 1.30 bits per heavy atom. The van der Waals surface area contributed by atoms with E-state index in [1.165, 1.54) is 12.4 Å². The van der Waals surface area contributed by atoms with Gasteiger partial charge in [0, 0.05) is 18.5 Å². The molecule has 106 valence electrons. The van der Waals surface area contributed by atoms with Crippen LogP contribution in [0.2, 0.25) is 0 Å². The van der Waals surface area contributed by atoms with Crippen molar-refractivity contribution in [3.63, 3.8) is 0 Å². The quantitative estimate of drug-likeness (QED) is 0.914. The van der Waals surface area contributed by atoms with E-state index in [0.717, 1.165) is 37.1 Å². The smallest absolute Gasteiger partial charge is 0.149 e.